The standard InChI is InChI=1S/C26H32F3N3O2/c1-34-26(33)9-6-19-17-30(18-20-16-21(27)7-8-22(20)28)11-10-24(19)31-12-14-32(15-13-31)25-5-3-2-4-23(25)29/h2-5,7-8,16,19,24H,6,9-15,17-18H2,1H3/t19-,24+/m1/s1. The smallest absolute Gasteiger partial charge is 0.305 e. The molecule has 0 bridgehead atoms. The van der Waals surface area contributed by atoms with Crippen LogP contribution in [0.3, 0.4) is 0 Å². The van der Waals surface area contributed by atoms with Crippen molar-refractivity contribution in [1.29, 1.82) is 0 Å². The molecule has 0 aromatic heterocycles. The Hall–Kier alpha value is -2.58. The molecule has 2 atom stereocenters. The molecule has 0 saturated carbocycles. The molecule has 0 amide bonds. The number of nitrogens with zero attached hydrogens (tertiary/aromatic N) is 3. The highest BCUT2D eigenvalue weighted by Gasteiger charge is 2.35. The van der Waals surface area contributed by atoms with Crippen LogP contribution in [0.5, 0.6) is 0 Å². The molecule has 0 N–H and O–H groups in total. The summed E-state index contributed by atoms with van der Waals surface area (Å²) in [5.74, 6) is -1.09. The van der Waals surface area contributed by atoms with Gasteiger partial charge < -0.3 is 9.64 Å². The highest BCUT2D eigenvalue weighted by molar-refractivity contribution is 5.69. The number of anilines is 1. The molecule has 2 fully saturated rings. The van der Waals surface area contributed by atoms with Gasteiger partial charge in [-0.3, -0.25) is 14.6 Å². The number of carbonyl (C=O) groups excluding carboxylic acids is 1. The van der Waals surface area contributed by atoms with Gasteiger partial charge in [-0.2, -0.15) is 0 Å². The van der Waals surface area contributed by atoms with Crippen molar-refractivity contribution < 1.29 is 22.7 Å². The van der Waals surface area contributed by atoms with Gasteiger partial charge in [0.15, 0.2) is 0 Å². The van der Waals surface area contributed by atoms with Gasteiger partial charge in [0, 0.05) is 57.3 Å². The van der Waals surface area contributed by atoms with E-state index in [-0.39, 0.29) is 23.7 Å². The summed E-state index contributed by atoms with van der Waals surface area (Å²) in [5, 5.41) is 0. The van der Waals surface area contributed by atoms with E-state index >= 15 is 0 Å². The fourth-order valence-electron chi connectivity index (χ4n) is 5.32. The van der Waals surface area contributed by atoms with E-state index in [2.05, 4.69) is 14.7 Å². The van der Waals surface area contributed by atoms with Crippen LogP contribution >= 0.6 is 0 Å². The number of halogens is 3. The van der Waals surface area contributed by atoms with Gasteiger partial charge in [-0.05, 0) is 55.6 Å². The first-order valence-corrected chi connectivity index (χ1v) is 11.9. The van der Waals surface area contributed by atoms with Crippen LogP contribution < -0.4 is 4.90 Å². The number of methoxy groups -OCH3 is 1. The number of para-hydroxylation sites is 1. The molecule has 2 saturated heterocycles. The van der Waals surface area contributed by atoms with Gasteiger partial charge in [-0.1, -0.05) is 12.1 Å². The second kappa shape index (κ2) is 11.2. The lowest BCUT2D eigenvalue weighted by Crippen LogP contribution is -2.56. The number of esters is 1. The first-order chi connectivity index (χ1) is 16.4. The average molecular weight is 476 g/mol. The van der Waals surface area contributed by atoms with E-state index in [1.54, 1.807) is 6.07 Å². The highest BCUT2D eigenvalue weighted by Crippen LogP contribution is 2.30. The number of rotatable bonds is 7. The fraction of sp³-hybridized carbons (Fsp3) is 0.500. The van der Waals surface area contributed by atoms with Gasteiger partial charge in [0.25, 0.3) is 0 Å². The first kappa shape index (κ1) is 24.5. The number of hydrogen-bond donors (Lipinski definition) is 0. The maximum atomic E-state index is 14.2. The largest absolute Gasteiger partial charge is 0.469 e. The summed E-state index contributed by atoms with van der Waals surface area (Å²) in [5.41, 5.74) is 0.986. The van der Waals surface area contributed by atoms with Gasteiger partial charge in [-0.15, -0.1) is 0 Å². The van der Waals surface area contributed by atoms with Crippen molar-refractivity contribution in [2.45, 2.75) is 31.8 Å². The Kier molecular flexibility index (Phi) is 8.11. The molecule has 184 valence electrons. The van der Waals surface area contributed by atoms with E-state index < -0.39 is 11.6 Å². The van der Waals surface area contributed by atoms with E-state index in [4.69, 9.17) is 4.74 Å². The topological polar surface area (TPSA) is 36.0 Å². The molecule has 0 spiro atoms. The SMILES string of the molecule is COC(=O)CC[C@@H]1CN(Cc2cc(F)ccc2F)CC[C@@H]1N1CCN(c2ccccc2F)CC1. The molecule has 2 aromatic rings. The lowest BCUT2D eigenvalue weighted by molar-refractivity contribution is -0.141. The number of carbonyl (C=O) groups is 1. The normalized spacial score (nSPS) is 22.1. The molecule has 8 heteroatoms. The van der Waals surface area contributed by atoms with Crippen LogP contribution in [0.15, 0.2) is 42.5 Å². The van der Waals surface area contributed by atoms with Crippen molar-refractivity contribution in [2.24, 2.45) is 5.92 Å². The van der Waals surface area contributed by atoms with E-state index in [9.17, 15) is 18.0 Å². The van der Waals surface area contributed by atoms with Crippen LogP contribution in [-0.2, 0) is 16.1 Å². The first-order valence-electron chi connectivity index (χ1n) is 11.9. The monoisotopic (exact) mass is 475 g/mol. The molecule has 0 unspecified atom stereocenters. The second-order valence-electron chi connectivity index (χ2n) is 9.18. The third-order valence-electron chi connectivity index (χ3n) is 7.10. The summed E-state index contributed by atoms with van der Waals surface area (Å²) in [6.45, 7) is 4.90. The summed E-state index contributed by atoms with van der Waals surface area (Å²) in [4.78, 5) is 18.5. The number of benzene rings is 2. The number of piperazine rings is 1. The highest BCUT2D eigenvalue weighted by atomic mass is 19.1. The number of ether oxygens (including phenoxy) is 1. The van der Waals surface area contributed by atoms with Crippen molar-refractivity contribution in [1.82, 2.24) is 9.80 Å². The van der Waals surface area contributed by atoms with E-state index in [1.807, 2.05) is 12.1 Å². The Morgan fingerprint density at radius 2 is 1.76 bits per heavy atom. The molecule has 2 aromatic carbocycles. The Labute approximate surface area is 199 Å². The van der Waals surface area contributed by atoms with Crippen LogP contribution in [-0.4, -0.2) is 68.2 Å². The molecular weight excluding hydrogens is 443 g/mol. The van der Waals surface area contributed by atoms with Gasteiger partial charge in [-0.25, -0.2) is 13.2 Å². The third-order valence-corrected chi connectivity index (χ3v) is 7.10. The van der Waals surface area contributed by atoms with Gasteiger partial charge in [0.05, 0.1) is 12.8 Å². The molecular formula is C26H32F3N3O2. The zero-order valence-electron chi connectivity index (χ0n) is 19.6. The molecule has 34 heavy (non-hydrogen) atoms. The van der Waals surface area contributed by atoms with Gasteiger partial charge in [0.2, 0.25) is 0 Å². The average Bonchev–Trinajstić information content (AvgIpc) is 2.85. The van der Waals surface area contributed by atoms with Crippen LogP contribution in [0.1, 0.15) is 24.8 Å². The summed E-state index contributed by atoms with van der Waals surface area (Å²) in [6.07, 6.45) is 1.88. The fourth-order valence-corrected chi connectivity index (χ4v) is 5.32. The van der Waals surface area contributed by atoms with Crippen LogP contribution in [0.2, 0.25) is 0 Å². The van der Waals surface area contributed by atoms with Crippen LogP contribution in [0.4, 0.5) is 18.9 Å². The minimum atomic E-state index is -0.443. The second-order valence-corrected chi connectivity index (χ2v) is 9.18. The number of piperidine rings is 1. The third kappa shape index (κ3) is 5.91. The van der Waals surface area contributed by atoms with E-state index in [0.717, 1.165) is 45.2 Å². The predicted molar refractivity (Wildman–Crippen MR) is 125 cm³/mol. The molecule has 2 heterocycles. The number of hydrogen-bond acceptors (Lipinski definition) is 5. The Balaban J connectivity index is 1.41. The van der Waals surface area contributed by atoms with Crippen molar-refractivity contribution in [3.05, 3.63) is 65.5 Å². The zero-order chi connectivity index (χ0) is 24.1. The maximum absolute atomic E-state index is 14.2. The lowest BCUT2D eigenvalue weighted by Gasteiger charge is -2.47. The molecule has 4 rings (SSSR count). The minimum Gasteiger partial charge on any atom is -0.469 e. The summed E-state index contributed by atoms with van der Waals surface area (Å²) in [6, 6.07) is 10.7. The van der Waals surface area contributed by atoms with E-state index in [0.29, 0.717) is 37.2 Å². The zero-order valence-corrected chi connectivity index (χ0v) is 19.6. The molecule has 0 radical (unpaired) electrons. The summed E-state index contributed by atoms with van der Waals surface area (Å²) >= 11 is 0. The van der Waals surface area contributed by atoms with Crippen LogP contribution in [0, 0.1) is 23.4 Å². The van der Waals surface area contributed by atoms with Crippen LogP contribution in [0.25, 0.3) is 0 Å². The van der Waals surface area contributed by atoms with Crippen molar-refractivity contribution in [2.75, 3.05) is 51.3 Å². The quantitative estimate of drug-likeness (QED) is 0.565. The Morgan fingerprint density at radius 1 is 1.00 bits per heavy atom. The van der Waals surface area contributed by atoms with Crippen molar-refractivity contribution in [3.8, 4) is 0 Å². The van der Waals surface area contributed by atoms with Gasteiger partial charge >= 0.3 is 5.97 Å². The van der Waals surface area contributed by atoms with E-state index in [1.165, 1.54) is 25.3 Å². The molecule has 0 aliphatic carbocycles. The molecule has 2 aliphatic rings. The molecule has 2 aliphatic heterocycles. The van der Waals surface area contributed by atoms with Crippen molar-refractivity contribution >= 4 is 11.7 Å². The summed E-state index contributed by atoms with van der Waals surface area (Å²) < 4.78 is 46.9. The Bertz CT molecular complexity index is 982. The molecule has 5 nitrogen and oxygen atoms in total. The maximum Gasteiger partial charge on any atom is 0.305 e. The minimum absolute atomic E-state index is 0.199. The van der Waals surface area contributed by atoms with Gasteiger partial charge in [0.1, 0.15) is 17.5 Å². The van der Waals surface area contributed by atoms with Crippen molar-refractivity contribution in [3.63, 3.8) is 0 Å². The predicted octanol–water partition coefficient (Wildman–Crippen LogP) is 4.07. The lowest BCUT2D eigenvalue weighted by atomic mass is 9.86. The summed E-state index contributed by atoms with van der Waals surface area (Å²) in [7, 11) is 1.39. The Morgan fingerprint density at radius 3 is 2.50 bits per heavy atom. The number of likely N-dealkylation sites (tertiary alicyclic amines) is 1.